The minimum atomic E-state index is 0.690. The van der Waals surface area contributed by atoms with Crippen molar-refractivity contribution in [3.05, 3.63) is 5.01 Å². The van der Waals surface area contributed by atoms with Crippen LogP contribution in [0.3, 0.4) is 0 Å². The first-order chi connectivity index (χ1) is 7.70. The molecule has 0 aliphatic carbocycles. The molecule has 2 rings (SSSR count). The third-order valence-electron chi connectivity index (χ3n) is 3.11. The molecule has 0 amide bonds. The van der Waals surface area contributed by atoms with Gasteiger partial charge in [-0.1, -0.05) is 25.2 Å². The minimum absolute atomic E-state index is 0.690. The molecular formula is C10H19N5S. The molecule has 1 aromatic rings. The number of rotatable bonds is 4. The van der Waals surface area contributed by atoms with E-state index in [1.807, 2.05) is 0 Å². The lowest BCUT2D eigenvalue weighted by Gasteiger charge is -2.26. The number of likely N-dealkylation sites (tertiary alicyclic amines) is 1. The van der Waals surface area contributed by atoms with E-state index in [-0.39, 0.29) is 0 Å². The SMILES string of the molecule is CC(C)C1CCCN1Cc1nnc(NN)s1. The van der Waals surface area contributed by atoms with Crippen molar-refractivity contribution >= 4 is 16.5 Å². The summed E-state index contributed by atoms with van der Waals surface area (Å²) in [4.78, 5) is 2.51. The van der Waals surface area contributed by atoms with Gasteiger partial charge in [-0.05, 0) is 25.3 Å². The highest BCUT2D eigenvalue weighted by Gasteiger charge is 2.27. The molecule has 3 N–H and O–H groups in total. The fourth-order valence-electron chi connectivity index (χ4n) is 2.35. The highest BCUT2D eigenvalue weighted by Crippen LogP contribution is 2.26. The Bertz CT molecular complexity index is 338. The van der Waals surface area contributed by atoms with Crippen LogP contribution < -0.4 is 11.3 Å². The quantitative estimate of drug-likeness (QED) is 0.617. The van der Waals surface area contributed by atoms with Gasteiger partial charge in [-0.2, -0.15) is 0 Å². The van der Waals surface area contributed by atoms with Crippen molar-refractivity contribution in [2.24, 2.45) is 11.8 Å². The van der Waals surface area contributed by atoms with Crippen LogP contribution >= 0.6 is 11.3 Å². The predicted molar refractivity (Wildman–Crippen MR) is 66.0 cm³/mol. The molecule has 0 aromatic carbocycles. The first-order valence-electron chi connectivity index (χ1n) is 5.73. The lowest BCUT2D eigenvalue weighted by molar-refractivity contribution is 0.198. The van der Waals surface area contributed by atoms with Crippen LogP contribution in [-0.4, -0.2) is 27.7 Å². The van der Waals surface area contributed by atoms with Gasteiger partial charge in [0.25, 0.3) is 0 Å². The Labute approximate surface area is 100 Å². The number of hydrogen-bond acceptors (Lipinski definition) is 6. The molecule has 1 atom stereocenters. The largest absolute Gasteiger partial charge is 0.298 e. The van der Waals surface area contributed by atoms with Crippen LogP contribution in [0, 0.1) is 5.92 Å². The van der Waals surface area contributed by atoms with Crippen molar-refractivity contribution in [2.75, 3.05) is 12.0 Å². The molecule has 1 fully saturated rings. The molecular weight excluding hydrogens is 222 g/mol. The monoisotopic (exact) mass is 241 g/mol. The zero-order chi connectivity index (χ0) is 11.5. The van der Waals surface area contributed by atoms with E-state index in [0.717, 1.165) is 11.6 Å². The van der Waals surface area contributed by atoms with Gasteiger partial charge < -0.3 is 0 Å². The highest BCUT2D eigenvalue weighted by molar-refractivity contribution is 7.15. The first-order valence-corrected chi connectivity index (χ1v) is 6.55. The molecule has 2 heterocycles. The van der Waals surface area contributed by atoms with Crippen LogP contribution in [0.4, 0.5) is 5.13 Å². The van der Waals surface area contributed by atoms with Gasteiger partial charge in [0.15, 0.2) is 0 Å². The van der Waals surface area contributed by atoms with Crippen molar-refractivity contribution in [3.8, 4) is 0 Å². The molecule has 0 bridgehead atoms. The summed E-state index contributed by atoms with van der Waals surface area (Å²) in [6, 6.07) is 0.693. The maximum absolute atomic E-state index is 5.29. The van der Waals surface area contributed by atoms with Gasteiger partial charge in [-0.3, -0.25) is 10.3 Å². The third kappa shape index (κ3) is 2.50. The summed E-state index contributed by atoms with van der Waals surface area (Å²) in [5, 5.41) is 9.81. The maximum Gasteiger partial charge on any atom is 0.219 e. The van der Waals surface area contributed by atoms with E-state index < -0.39 is 0 Å². The Morgan fingerprint density at radius 1 is 1.56 bits per heavy atom. The lowest BCUT2D eigenvalue weighted by atomic mass is 10.0. The number of anilines is 1. The summed E-state index contributed by atoms with van der Waals surface area (Å²) >= 11 is 1.53. The second-order valence-electron chi connectivity index (χ2n) is 4.57. The van der Waals surface area contributed by atoms with Crippen LogP contribution in [0.5, 0.6) is 0 Å². The number of nitrogens with two attached hydrogens (primary N) is 1. The fourth-order valence-corrected chi connectivity index (χ4v) is 3.03. The number of nitrogens with one attached hydrogen (secondary N) is 1. The number of nitrogens with zero attached hydrogens (tertiary/aromatic N) is 3. The van der Waals surface area contributed by atoms with Crippen molar-refractivity contribution in [1.29, 1.82) is 0 Å². The van der Waals surface area contributed by atoms with E-state index in [9.17, 15) is 0 Å². The number of hydrazine groups is 1. The second-order valence-corrected chi connectivity index (χ2v) is 5.63. The molecule has 1 saturated heterocycles. The third-order valence-corrected chi connectivity index (χ3v) is 3.95. The topological polar surface area (TPSA) is 67.1 Å². The molecule has 1 aliphatic rings. The molecule has 1 aliphatic heterocycles. The average molecular weight is 241 g/mol. The fraction of sp³-hybridized carbons (Fsp3) is 0.800. The second kappa shape index (κ2) is 5.07. The maximum atomic E-state index is 5.29. The number of aromatic nitrogens is 2. The number of hydrogen-bond donors (Lipinski definition) is 2. The summed E-state index contributed by atoms with van der Waals surface area (Å²) in [6.07, 6.45) is 2.60. The Kier molecular flexibility index (Phi) is 3.73. The molecule has 16 heavy (non-hydrogen) atoms. The highest BCUT2D eigenvalue weighted by atomic mass is 32.1. The van der Waals surface area contributed by atoms with E-state index in [2.05, 4.69) is 34.4 Å². The summed E-state index contributed by atoms with van der Waals surface area (Å²) in [6.45, 7) is 6.65. The van der Waals surface area contributed by atoms with Gasteiger partial charge in [0, 0.05) is 6.04 Å². The Balaban J connectivity index is 1.98. The Hall–Kier alpha value is -0.720. The zero-order valence-electron chi connectivity index (χ0n) is 9.81. The smallest absolute Gasteiger partial charge is 0.219 e. The normalized spacial score (nSPS) is 21.9. The van der Waals surface area contributed by atoms with E-state index in [0.29, 0.717) is 17.1 Å². The van der Waals surface area contributed by atoms with Crippen LogP contribution in [-0.2, 0) is 6.54 Å². The average Bonchev–Trinajstić information content (AvgIpc) is 2.87. The molecule has 6 heteroatoms. The van der Waals surface area contributed by atoms with Gasteiger partial charge in [0.05, 0.1) is 6.54 Å². The van der Waals surface area contributed by atoms with E-state index in [1.165, 1.54) is 30.7 Å². The van der Waals surface area contributed by atoms with Gasteiger partial charge >= 0.3 is 0 Å². The summed E-state index contributed by atoms with van der Waals surface area (Å²) < 4.78 is 0. The number of nitrogen functional groups attached to an aromatic ring is 1. The standard InChI is InChI=1S/C10H19N5S/c1-7(2)8-4-3-5-15(8)6-9-13-14-10(12-11)16-9/h7-8H,3-6,11H2,1-2H3,(H,12,14). The van der Waals surface area contributed by atoms with Gasteiger partial charge in [0.1, 0.15) is 5.01 Å². The van der Waals surface area contributed by atoms with E-state index in [1.54, 1.807) is 0 Å². The van der Waals surface area contributed by atoms with Crippen molar-refractivity contribution in [3.63, 3.8) is 0 Å². The van der Waals surface area contributed by atoms with Gasteiger partial charge in [-0.25, -0.2) is 5.84 Å². The summed E-state index contributed by atoms with van der Waals surface area (Å²) in [7, 11) is 0. The van der Waals surface area contributed by atoms with Crippen molar-refractivity contribution in [1.82, 2.24) is 15.1 Å². The molecule has 1 unspecified atom stereocenters. The van der Waals surface area contributed by atoms with Gasteiger partial charge in [0.2, 0.25) is 5.13 Å². The molecule has 90 valence electrons. The Morgan fingerprint density at radius 2 is 2.38 bits per heavy atom. The van der Waals surface area contributed by atoms with E-state index in [4.69, 9.17) is 5.84 Å². The van der Waals surface area contributed by atoms with Gasteiger partial charge in [-0.15, -0.1) is 10.2 Å². The first kappa shape index (κ1) is 11.8. The zero-order valence-corrected chi connectivity index (χ0v) is 10.6. The van der Waals surface area contributed by atoms with E-state index >= 15 is 0 Å². The van der Waals surface area contributed by atoms with Crippen LogP contribution in [0.2, 0.25) is 0 Å². The summed E-state index contributed by atoms with van der Waals surface area (Å²) in [5.74, 6) is 6.00. The molecule has 0 radical (unpaired) electrons. The van der Waals surface area contributed by atoms with Crippen LogP contribution in [0.15, 0.2) is 0 Å². The molecule has 1 aromatic heterocycles. The minimum Gasteiger partial charge on any atom is -0.298 e. The molecule has 0 spiro atoms. The van der Waals surface area contributed by atoms with Crippen LogP contribution in [0.1, 0.15) is 31.7 Å². The van der Waals surface area contributed by atoms with Crippen LogP contribution in [0.25, 0.3) is 0 Å². The van der Waals surface area contributed by atoms with Crippen molar-refractivity contribution in [2.45, 2.75) is 39.3 Å². The lowest BCUT2D eigenvalue weighted by Crippen LogP contribution is -2.32. The molecule has 5 nitrogen and oxygen atoms in total. The molecule has 0 saturated carbocycles. The Morgan fingerprint density at radius 3 is 3.00 bits per heavy atom. The summed E-state index contributed by atoms with van der Waals surface area (Å²) in [5.41, 5.74) is 2.53. The van der Waals surface area contributed by atoms with Crippen molar-refractivity contribution < 1.29 is 0 Å². The predicted octanol–water partition coefficient (Wildman–Crippen LogP) is 1.44.